The topological polar surface area (TPSA) is 38.3 Å². The molecule has 1 aromatic carbocycles. The number of methoxy groups -OCH3 is 1. The third-order valence-electron chi connectivity index (χ3n) is 2.46. The predicted molar refractivity (Wildman–Crippen MR) is 70.1 cm³/mol. The van der Waals surface area contributed by atoms with Crippen LogP contribution in [0.25, 0.3) is 6.08 Å². The van der Waals surface area contributed by atoms with Crippen molar-refractivity contribution in [1.82, 2.24) is 5.32 Å². The molecule has 0 bridgehead atoms. The lowest BCUT2D eigenvalue weighted by Gasteiger charge is -2.09. The van der Waals surface area contributed by atoms with Crippen LogP contribution in [0.2, 0.25) is 0 Å². The minimum absolute atomic E-state index is 0.0198. The van der Waals surface area contributed by atoms with Gasteiger partial charge in [0.1, 0.15) is 5.75 Å². The zero-order valence-electron chi connectivity index (χ0n) is 10.5. The summed E-state index contributed by atoms with van der Waals surface area (Å²) < 4.78 is 5.24. The lowest BCUT2D eigenvalue weighted by molar-refractivity contribution is -0.120. The molecule has 1 amide bonds. The van der Waals surface area contributed by atoms with Gasteiger partial charge in [0.05, 0.1) is 13.5 Å². The molecule has 0 unspecified atom stereocenters. The predicted octanol–water partition coefficient (Wildman–Crippen LogP) is 2.41. The first kappa shape index (κ1) is 13.3. The zero-order valence-corrected chi connectivity index (χ0v) is 10.5. The fourth-order valence-electron chi connectivity index (χ4n) is 1.56. The van der Waals surface area contributed by atoms with E-state index in [1.165, 1.54) is 0 Å². The first-order valence-corrected chi connectivity index (χ1v) is 5.77. The average Bonchev–Trinajstić information content (AvgIpc) is 2.36. The average molecular weight is 233 g/mol. The molecule has 1 rings (SSSR count). The second-order valence-electron chi connectivity index (χ2n) is 3.80. The Balaban J connectivity index is 2.80. The van der Waals surface area contributed by atoms with Crippen molar-refractivity contribution in [3.63, 3.8) is 0 Å². The van der Waals surface area contributed by atoms with E-state index in [9.17, 15) is 4.79 Å². The van der Waals surface area contributed by atoms with Crippen LogP contribution in [0, 0.1) is 0 Å². The van der Waals surface area contributed by atoms with Gasteiger partial charge in [0.15, 0.2) is 0 Å². The molecule has 0 aliphatic heterocycles. The van der Waals surface area contributed by atoms with E-state index in [0.717, 1.165) is 23.3 Å². The highest BCUT2D eigenvalue weighted by molar-refractivity contribution is 5.79. The summed E-state index contributed by atoms with van der Waals surface area (Å²) in [4.78, 5) is 11.6. The van der Waals surface area contributed by atoms with E-state index in [4.69, 9.17) is 4.74 Å². The van der Waals surface area contributed by atoms with Crippen LogP contribution in [0.15, 0.2) is 24.8 Å². The highest BCUT2D eigenvalue weighted by atomic mass is 16.5. The van der Waals surface area contributed by atoms with Crippen LogP contribution in [0.3, 0.4) is 0 Å². The second kappa shape index (κ2) is 6.74. The summed E-state index contributed by atoms with van der Waals surface area (Å²) in [6.07, 6.45) is 3.04. The third kappa shape index (κ3) is 3.94. The van der Waals surface area contributed by atoms with Gasteiger partial charge in [-0.3, -0.25) is 4.79 Å². The van der Waals surface area contributed by atoms with E-state index in [1.807, 2.05) is 25.1 Å². The SMILES string of the molecule is C=Cc1ccc(OC)c(CC(=O)NCCC)c1. The maximum Gasteiger partial charge on any atom is 0.224 e. The maximum absolute atomic E-state index is 11.6. The standard InChI is InChI=1S/C14H19NO2/c1-4-8-15-14(16)10-12-9-11(5-2)6-7-13(12)17-3/h5-7,9H,2,4,8,10H2,1,3H3,(H,15,16). The molecule has 0 aromatic heterocycles. The molecule has 0 saturated heterocycles. The summed E-state index contributed by atoms with van der Waals surface area (Å²) in [7, 11) is 1.61. The lowest BCUT2D eigenvalue weighted by Crippen LogP contribution is -2.25. The van der Waals surface area contributed by atoms with E-state index < -0.39 is 0 Å². The van der Waals surface area contributed by atoms with Crippen molar-refractivity contribution in [2.75, 3.05) is 13.7 Å². The summed E-state index contributed by atoms with van der Waals surface area (Å²) in [6.45, 7) is 6.45. The molecule has 0 heterocycles. The quantitative estimate of drug-likeness (QED) is 0.819. The minimum Gasteiger partial charge on any atom is -0.496 e. The Hall–Kier alpha value is -1.77. The van der Waals surface area contributed by atoms with E-state index in [0.29, 0.717) is 13.0 Å². The van der Waals surface area contributed by atoms with Crippen LogP contribution in [-0.2, 0) is 11.2 Å². The molecule has 0 fully saturated rings. The molecule has 0 aliphatic rings. The van der Waals surface area contributed by atoms with Crippen molar-refractivity contribution in [2.24, 2.45) is 0 Å². The van der Waals surface area contributed by atoms with Gasteiger partial charge in [-0.05, 0) is 24.1 Å². The van der Waals surface area contributed by atoms with Crippen LogP contribution in [0.5, 0.6) is 5.75 Å². The second-order valence-corrected chi connectivity index (χ2v) is 3.80. The van der Waals surface area contributed by atoms with Crippen molar-refractivity contribution in [3.05, 3.63) is 35.9 Å². The van der Waals surface area contributed by atoms with E-state index in [1.54, 1.807) is 13.2 Å². The fraction of sp³-hybridized carbons (Fsp3) is 0.357. The lowest BCUT2D eigenvalue weighted by atomic mass is 10.1. The van der Waals surface area contributed by atoms with Gasteiger partial charge in [-0.15, -0.1) is 0 Å². The normalized spacial score (nSPS) is 9.76. The maximum atomic E-state index is 11.6. The highest BCUT2D eigenvalue weighted by Gasteiger charge is 2.08. The summed E-state index contributed by atoms with van der Waals surface area (Å²) >= 11 is 0. The summed E-state index contributed by atoms with van der Waals surface area (Å²) in [5.74, 6) is 0.758. The molecule has 0 spiro atoms. The molecule has 1 N–H and O–H groups in total. The van der Waals surface area contributed by atoms with E-state index in [-0.39, 0.29) is 5.91 Å². The van der Waals surface area contributed by atoms with Crippen LogP contribution >= 0.6 is 0 Å². The van der Waals surface area contributed by atoms with Crippen molar-refractivity contribution >= 4 is 12.0 Å². The summed E-state index contributed by atoms with van der Waals surface area (Å²) in [5, 5.41) is 2.85. The van der Waals surface area contributed by atoms with Gasteiger partial charge < -0.3 is 10.1 Å². The molecule has 3 nitrogen and oxygen atoms in total. The fourth-order valence-corrected chi connectivity index (χ4v) is 1.56. The number of carbonyl (C=O) groups is 1. The number of nitrogens with one attached hydrogen (secondary N) is 1. The van der Waals surface area contributed by atoms with Gasteiger partial charge in [0, 0.05) is 12.1 Å². The molecule has 3 heteroatoms. The van der Waals surface area contributed by atoms with Gasteiger partial charge in [-0.25, -0.2) is 0 Å². The smallest absolute Gasteiger partial charge is 0.224 e. The summed E-state index contributed by atoms with van der Waals surface area (Å²) in [6, 6.07) is 5.70. The number of ether oxygens (including phenoxy) is 1. The molecule has 0 aliphatic carbocycles. The molecule has 0 atom stereocenters. The Labute approximate surface area is 102 Å². The third-order valence-corrected chi connectivity index (χ3v) is 2.46. The Morgan fingerprint density at radius 2 is 2.29 bits per heavy atom. The molecule has 1 aromatic rings. The number of carbonyl (C=O) groups excluding carboxylic acids is 1. The van der Waals surface area contributed by atoms with Gasteiger partial charge >= 0.3 is 0 Å². The van der Waals surface area contributed by atoms with Crippen molar-refractivity contribution in [1.29, 1.82) is 0 Å². The van der Waals surface area contributed by atoms with Crippen LogP contribution in [-0.4, -0.2) is 19.6 Å². The van der Waals surface area contributed by atoms with Crippen LogP contribution in [0.1, 0.15) is 24.5 Å². The molecule has 17 heavy (non-hydrogen) atoms. The van der Waals surface area contributed by atoms with E-state index >= 15 is 0 Å². The molecule has 0 saturated carbocycles. The highest BCUT2D eigenvalue weighted by Crippen LogP contribution is 2.20. The molecular weight excluding hydrogens is 214 g/mol. The number of benzene rings is 1. The number of hydrogen-bond donors (Lipinski definition) is 1. The van der Waals surface area contributed by atoms with Gasteiger partial charge in [-0.1, -0.05) is 25.6 Å². The van der Waals surface area contributed by atoms with Gasteiger partial charge in [0.2, 0.25) is 5.91 Å². The van der Waals surface area contributed by atoms with Crippen molar-refractivity contribution in [2.45, 2.75) is 19.8 Å². The molecular formula is C14H19NO2. The Morgan fingerprint density at radius 3 is 2.88 bits per heavy atom. The minimum atomic E-state index is 0.0198. The Kier molecular flexibility index (Phi) is 5.27. The van der Waals surface area contributed by atoms with E-state index in [2.05, 4.69) is 11.9 Å². The molecule has 0 radical (unpaired) electrons. The first-order chi connectivity index (χ1) is 8.21. The molecule has 92 valence electrons. The van der Waals surface area contributed by atoms with Crippen LogP contribution < -0.4 is 10.1 Å². The van der Waals surface area contributed by atoms with Gasteiger partial charge in [0.25, 0.3) is 0 Å². The first-order valence-electron chi connectivity index (χ1n) is 5.77. The zero-order chi connectivity index (χ0) is 12.7. The Bertz CT molecular complexity index is 399. The number of rotatable bonds is 6. The monoisotopic (exact) mass is 233 g/mol. The summed E-state index contributed by atoms with van der Waals surface area (Å²) in [5.41, 5.74) is 1.88. The largest absolute Gasteiger partial charge is 0.496 e. The van der Waals surface area contributed by atoms with Crippen molar-refractivity contribution < 1.29 is 9.53 Å². The number of hydrogen-bond acceptors (Lipinski definition) is 2. The Morgan fingerprint density at radius 1 is 1.53 bits per heavy atom. The van der Waals surface area contributed by atoms with Crippen LogP contribution in [0.4, 0.5) is 0 Å². The van der Waals surface area contributed by atoms with Crippen molar-refractivity contribution in [3.8, 4) is 5.75 Å². The van der Waals surface area contributed by atoms with Gasteiger partial charge in [-0.2, -0.15) is 0 Å². The number of amides is 1.